The molecule has 0 saturated carbocycles. The summed E-state index contributed by atoms with van der Waals surface area (Å²) in [6.45, 7) is 3.53. The Kier molecular flexibility index (Phi) is 9.68. The largest absolute Gasteiger partial charge is 0.497 e. The summed E-state index contributed by atoms with van der Waals surface area (Å²) in [4.78, 5) is 17.9. The fourth-order valence-electron chi connectivity index (χ4n) is 3.00. The van der Waals surface area contributed by atoms with Crippen molar-refractivity contribution in [3.8, 4) is 11.5 Å². The number of nitrogens with zero attached hydrogens (tertiary/aromatic N) is 2. The van der Waals surface area contributed by atoms with Gasteiger partial charge < -0.3 is 25.0 Å². The van der Waals surface area contributed by atoms with E-state index in [-0.39, 0.29) is 12.5 Å². The summed E-state index contributed by atoms with van der Waals surface area (Å²) in [5.41, 5.74) is 3.53. The number of rotatable bonds is 10. The van der Waals surface area contributed by atoms with Crippen LogP contribution >= 0.6 is 0 Å². The molecule has 168 valence electrons. The molecule has 0 radical (unpaired) electrons. The molecule has 0 bridgehead atoms. The number of guanidine groups is 1. The van der Waals surface area contributed by atoms with Crippen molar-refractivity contribution in [2.75, 3.05) is 47.9 Å². The molecule has 0 unspecified atom stereocenters. The minimum absolute atomic E-state index is 0.0448. The molecule has 2 aromatic rings. The number of nitrogens with one attached hydrogen (secondary N) is 2. The molecule has 31 heavy (non-hydrogen) atoms. The molecule has 0 aliphatic carbocycles. The fourth-order valence-corrected chi connectivity index (χ4v) is 3.00. The van der Waals surface area contributed by atoms with Gasteiger partial charge in [0.05, 0.1) is 14.2 Å². The van der Waals surface area contributed by atoms with Gasteiger partial charge in [0.2, 0.25) is 5.91 Å². The van der Waals surface area contributed by atoms with E-state index in [9.17, 15) is 4.79 Å². The summed E-state index contributed by atoms with van der Waals surface area (Å²) in [6, 6.07) is 14.2. The SMILES string of the molecule is COc1ccc(CCNC(=NCC(=O)N(C)C)NCCc2cc(C)ccc2OC)cc1. The quantitative estimate of drug-likeness (QED) is 0.451. The number of hydrogen-bond acceptors (Lipinski definition) is 4. The van der Waals surface area contributed by atoms with Crippen LogP contribution in [0.15, 0.2) is 47.5 Å². The first kappa shape index (κ1) is 24.1. The van der Waals surface area contributed by atoms with E-state index in [0.29, 0.717) is 19.0 Å². The van der Waals surface area contributed by atoms with Gasteiger partial charge in [-0.15, -0.1) is 0 Å². The monoisotopic (exact) mass is 426 g/mol. The molecule has 0 saturated heterocycles. The Hall–Kier alpha value is -3.22. The number of ether oxygens (including phenoxy) is 2. The van der Waals surface area contributed by atoms with Gasteiger partial charge in [-0.2, -0.15) is 0 Å². The highest BCUT2D eigenvalue weighted by Crippen LogP contribution is 2.19. The molecule has 7 heteroatoms. The Morgan fingerprint density at radius 2 is 1.65 bits per heavy atom. The molecule has 1 amide bonds. The van der Waals surface area contributed by atoms with Crippen molar-refractivity contribution in [3.05, 3.63) is 59.2 Å². The highest BCUT2D eigenvalue weighted by atomic mass is 16.5. The van der Waals surface area contributed by atoms with Gasteiger partial charge in [-0.1, -0.05) is 29.8 Å². The zero-order chi connectivity index (χ0) is 22.6. The van der Waals surface area contributed by atoms with E-state index in [0.717, 1.165) is 29.9 Å². The standard InChI is InChI=1S/C24H34N4O3/c1-18-6-11-22(31-5)20(16-18)13-15-26-24(27-17-23(29)28(2)3)25-14-12-19-7-9-21(30-4)10-8-19/h6-11,16H,12-15,17H2,1-5H3,(H2,25,26,27). The summed E-state index contributed by atoms with van der Waals surface area (Å²) in [5.74, 6) is 2.29. The van der Waals surface area contributed by atoms with E-state index in [4.69, 9.17) is 9.47 Å². The molecule has 0 aromatic heterocycles. The lowest BCUT2D eigenvalue weighted by Gasteiger charge is -2.15. The summed E-state index contributed by atoms with van der Waals surface area (Å²) in [6.07, 6.45) is 1.61. The Balaban J connectivity index is 1.95. The Bertz CT molecular complexity index is 864. The molecule has 2 N–H and O–H groups in total. The van der Waals surface area contributed by atoms with Gasteiger partial charge in [-0.25, -0.2) is 4.99 Å². The molecule has 0 aliphatic rings. The molecule has 0 atom stereocenters. The summed E-state index contributed by atoms with van der Waals surface area (Å²) < 4.78 is 10.7. The lowest BCUT2D eigenvalue weighted by molar-refractivity contribution is -0.127. The molecular formula is C24H34N4O3. The minimum Gasteiger partial charge on any atom is -0.497 e. The number of carbonyl (C=O) groups excluding carboxylic acids is 1. The third-order valence-corrected chi connectivity index (χ3v) is 4.86. The second-order valence-corrected chi connectivity index (χ2v) is 7.47. The van der Waals surface area contributed by atoms with Gasteiger partial charge in [0.15, 0.2) is 5.96 Å². The summed E-state index contributed by atoms with van der Waals surface area (Å²) in [7, 11) is 6.80. The molecule has 7 nitrogen and oxygen atoms in total. The van der Waals surface area contributed by atoms with E-state index in [1.807, 2.05) is 36.4 Å². The van der Waals surface area contributed by atoms with Crippen LogP contribution in [0.5, 0.6) is 11.5 Å². The molecule has 0 fully saturated rings. The first-order chi connectivity index (χ1) is 14.9. The van der Waals surface area contributed by atoms with Crippen molar-refractivity contribution in [2.45, 2.75) is 19.8 Å². The first-order valence-corrected chi connectivity index (χ1v) is 10.4. The van der Waals surface area contributed by atoms with Gasteiger partial charge >= 0.3 is 0 Å². The van der Waals surface area contributed by atoms with E-state index in [2.05, 4.69) is 28.6 Å². The van der Waals surface area contributed by atoms with E-state index in [1.165, 1.54) is 16.0 Å². The lowest BCUT2D eigenvalue weighted by Crippen LogP contribution is -2.40. The number of aliphatic imine (C=N–C) groups is 1. The van der Waals surface area contributed by atoms with E-state index in [1.54, 1.807) is 28.3 Å². The Labute approximate surface area is 185 Å². The van der Waals surface area contributed by atoms with Gasteiger partial charge in [0.1, 0.15) is 18.0 Å². The number of aryl methyl sites for hydroxylation is 1. The molecule has 0 aliphatic heterocycles. The number of benzene rings is 2. The number of hydrogen-bond donors (Lipinski definition) is 2. The van der Waals surface area contributed by atoms with Crippen molar-refractivity contribution in [1.29, 1.82) is 0 Å². The zero-order valence-corrected chi connectivity index (χ0v) is 19.2. The maximum Gasteiger partial charge on any atom is 0.243 e. The van der Waals surface area contributed by atoms with Crippen LogP contribution in [0.2, 0.25) is 0 Å². The number of carbonyl (C=O) groups is 1. The van der Waals surface area contributed by atoms with Crippen molar-refractivity contribution >= 4 is 11.9 Å². The third kappa shape index (κ3) is 8.20. The van der Waals surface area contributed by atoms with Crippen molar-refractivity contribution in [3.63, 3.8) is 0 Å². The van der Waals surface area contributed by atoms with Crippen molar-refractivity contribution in [2.24, 2.45) is 4.99 Å². The number of methoxy groups -OCH3 is 2. The third-order valence-electron chi connectivity index (χ3n) is 4.86. The normalized spacial score (nSPS) is 11.1. The van der Waals surface area contributed by atoms with Crippen LogP contribution < -0.4 is 20.1 Å². The van der Waals surface area contributed by atoms with E-state index < -0.39 is 0 Å². The van der Waals surface area contributed by atoms with Crippen LogP contribution in [0.1, 0.15) is 16.7 Å². The molecular weight excluding hydrogens is 392 g/mol. The lowest BCUT2D eigenvalue weighted by atomic mass is 10.1. The Morgan fingerprint density at radius 3 is 2.26 bits per heavy atom. The second kappa shape index (κ2) is 12.5. The van der Waals surface area contributed by atoms with Gasteiger partial charge in [-0.05, 0) is 49.1 Å². The fraction of sp³-hybridized carbons (Fsp3) is 0.417. The molecule has 0 spiro atoms. The highest BCUT2D eigenvalue weighted by Gasteiger charge is 2.07. The topological polar surface area (TPSA) is 75.2 Å². The summed E-state index contributed by atoms with van der Waals surface area (Å²) >= 11 is 0. The van der Waals surface area contributed by atoms with Crippen LogP contribution in [0, 0.1) is 6.92 Å². The van der Waals surface area contributed by atoms with Crippen LogP contribution in [0.4, 0.5) is 0 Å². The van der Waals surface area contributed by atoms with Crippen molar-refractivity contribution in [1.82, 2.24) is 15.5 Å². The van der Waals surface area contributed by atoms with Crippen LogP contribution in [0.25, 0.3) is 0 Å². The van der Waals surface area contributed by atoms with Gasteiger partial charge in [-0.3, -0.25) is 4.79 Å². The van der Waals surface area contributed by atoms with Crippen molar-refractivity contribution < 1.29 is 14.3 Å². The van der Waals surface area contributed by atoms with Crippen LogP contribution in [-0.4, -0.2) is 64.7 Å². The van der Waals surface area contributed by atoms with E-state index >= 15 is 0 Å². The minimum atomic E-state index is -0.0448. The average Bonchev–Trinajstić information content (AvgIpc) is 2.77. The highest BCUT2D eigenvalue weighted by molar-refractivity contribution is 5.84. The summed E-state index contributed by atoms with van der Waals surface area (Å²) in [5, 5.41) is 6.65. The zero-order valence-electron chi connectivity index (χ0n) is 19.2. The van der Waals surface area contributed by atoms with Gasteiger partial charge in [0, 0.05) is 27.2 Å². The molecule has 2 aromatic carbocycles. The second-order valence-electron chi connectivity index (χ2n) is 7.47. The predicted molar refractivity (Wildman–Crippen MR) is 125 cm³/mol. The Morgan fingerprint density at radius 1 is 0.968 bits per heavy atom. The molecule has 0 heterocycles. The predicted octanol–water partition coefficient (Wildman–Crippen LogP) is 2.42. The van der Waals surface area contributed by atoms with Crippen LogP contribution in [-0.2, 0) is 17.6 Å². The van der Waals surface area contributed by atoms with Gasteiger partial charge in [0.25, 0.3) is 0 Å². The first-order valence-electron chi connectivity index (χ1n) is 10.4. The number of likely N-dealkylation sites (N-methyl/N-ethyl adjacent to an activating group) is 1. The maximum absolute atomic E-state index is 12.0. The van der Waals surface area contributed by atoms with Crippen LogP contribution in [0.3, 0.4) is 0 Å². The average molecular weight is 427 g/mol. The maximum atomic E-state index is 12.0. The molecule has 2 rings (SSSR count). The smallest absolute Gasteiger partial charge is 0.243 e. The number of amides is 1.